The molecule has 6 heteroatoms. The third-order valence-electron chi connectivity index (χ3n) is 2.98. The highest BCUT2D eigenvalue weighted by atomic mass is 16.5. The smallest absolute Gasteiger partial charge is 0.256 e. The van der Waals surface area contributed by atoms with Crippen LogP contribution in [-0.4, -0.2) is 11.1 Å². The molecule has 1 aromatic heterocycles. The molecule has 0 bridgehead atoms. The van der Waals surface area contributed by atoms with E-state index in [4.69, 9.17) is 15.5 Å². The number of anilines is 2. The minimum absolute atomic E-state index is 0.296. The summed E-state index contributed by atoms with van der Waals surface area (Å²) in [4.78, 5) is 12.2. The van der Waals surface area contributed by atoms with Crippen LogP contribution in [0.15, 0.2) is 47.0 Å². The SMILES string of the molecule is N#Cc1cccc(C(=O)Nc2noc3ccc(N)cc23)c1. The van der Waals surface area contributed by atoms with E-state index in [9.17, 15) is 4.79 Å². The zero-order valence-electron chi connectivity index (χ0n) is 10.8. The van der Waals surface area contributed by atoms with Crippen LogP contribution in [0.1, 0.15) is 15.9 Å². The van der Waals surface area contributed by atoms with E-state index in [1.54, 1.807) is 36.4 Å². The number of hydrogen-bond donors (Lipinski definition) is 2. The molecule has 1 amide bonds. The van der Waals surface area contributed by atoms with Crippen LogP contribution in [0.3, 0.4) is 0 Å². The summed E-state index contributed by atoms with van der Waals surface area (Å²) in [5.41, 5.74) is 7.58. The Kier molecular flexibility index (Phi) is 3.01. The van der Waals surface area contributed by atoms with Crippen molar-refractivity contribution < 1.29 is 9.32 Å². The van der Waals surface area contributed by atoms with Crippen LogP contribution in [0.25, 0.3) is 11.0 Å². The monoisotopic (exact) mass is 278 g/mol. The molecule has 0 saturated heterocycles. The number of carbonyl (C=O) groups excluding carboxylic acids is 1. The maximum atomic E-state index is 12.2. The number of nitrogen functional groups attached to an aromatic ring is 1. The molecule has 102 valence electrons. The lowest BCUT2D eigenvalue weighted by atomic mass is 10.1. The number of hydrogen-bond acceptors (Lipinski definition) is 5. The lowest BCUT2D eigenvalue weighted by Crippen LogP contribution is -2.12. The van der Waals surface area contributed by atoms with Crippen LogP contribution in [0.2, 0.25) is 0 Å². The number of nitrogens with one attached hydrogen (secondary N) is 1. The predicted octanol–water partition coefficient (Wildman–Crippen LogP) is 2.53. The van der Waals surface area contributed by atoms with Gasteiger partial charge in [0, 0.05) is 11.3 Å². The molecule has 3 aromatic rings. The van der Waals surface area contributed by atoms with Gasteiger partial charge >= 0.3 is 0 Å². The summed E-state index contributed by atoms with van der Waals surface area (Å²) in [5.74, 6) is -0.0746. The fraction of sp³-hybridized carbons (Fsp3) is 0. The van der Waals surface area contributed by atoms with E-state index in [0.717, 1.165) is 0 Å². The van der Waals surface area contributed by atoms with Crippen LogP contribution >= 0.6 is 0 Å². The molecule has 0 saturated carbocycles. The number of amides is 1. The molecule has 1 heterocycles. The molecule has 0 aliphatic carbocycles. The van der Waals surface area contributed by atoms with Gasteiger partial charge in [-0.15, -0.1) is 0 Å². The van der Waals surface area contributed by atoms with Crippen molar-refractivity contribution in [2.24, 2.45) is 0 Å². The Labute approximate surface area is 119 Å². The van der Waals surface area contributed by atoms with Gasteiger partial charge in [0.1, 0.15) is 0 Å². The number of nitrogens with two attached hydrogens (primary N) is 1. The van der Waals surface area contributed by atoms with Gasteiger partial charge in [0.25, 0.3) is 5.91 Å². The molecule has 0 aliphatic rings. The van der Waals surface area contributed by atoms with Crippen LogP contribution < -0.4 is 11.1 Å². The van der Waals surface area contributed by atoms with Gasteiger partial charge in [0.2, 0.25) is 0 Å². The second-order valence-corrected chi connectivity index (χ2v) is 4.43. The number of carbonyl (C=O) groups is 1. The second kappa shape index (κ2) is 4.98. The number of fused-ring (bicyclic) bond motifs is 1. The molecular weight excluding hydrogens is 268 g/mol. The number of nitrogens with zero attached hydrogens (tertiary/aromatic N) is 2. The first-order chi connectivity index (χ1) is 10.2. The number of aromatic nitrogens is 1. The maximum Gasteiger partial charge on any atom is 0.256 e. The zero-order valence-corrected chi connectivity index (χ0v) is 10.8. The third kappa shape index (κ3) is 2.40. The molecule has 0 fully saturated rings. The molecule has 6 nitrogen and oxygen atoms in total. The van der Waals surface area contributed by atoms with E-state index in [1.165, 1.54) is 6.07 Å². The third-order valence-corrected chi connectivity index (χ3v) is 2.98. The topological polar surface area (TPSA) is 105 Å². The largest absolute Gasteiger partial charge is 0.399 e. The Morgan fingerprint density at radius 2 is 2.14 bits per heavy atom. The van der Waals surface area contributed by atoms with E-state index in [2.05, 4.69) is 10.5 Å². The lowest BCUT2D eigenvalue weighted by molar-refractivity contribution is 0.102. The van der Waals surface area contributed by atoms with E-state index in [1.807, 2.05) is 6.07 Å². The standard InChI is InChI=1S/C15H10N4O2/c16-8-9-2-1-3-10(6-9)15(20)18-14-12-7-11(17)4-5-13(12)21-19-14/h1-7H,17H2,(H,18,19,20). The molecule has 0 unspecified atom stereocenters. The normalized spacial score (nSPS) is 10.2. The quantitative estimate of drug-likeness (QED) is 0.701. The van der Waals surface area contributed by atoms with Crippen molar-refractivity contribution in [2.45, 2.75) is 0 Å². The summed E-state index contributed by atoms with van der Waals surface area (Å²) in [5, 5.41) is 15.9. The minimum Gasteiger partial charge on any atom is -0.399 e. The molecule has 0 atom stereocenters. The summed E-state index contributed by atoms with van der Waals surface area (Å²) in [6.45, 7) is 0. The second-order valence-electron chi connectivity index (χ2n) is 4.43. The molecule has 2 aromatic carbocycles. The van der Waals surface area contributed by atoms with E-state index in [-0.39, 0.29) is 5.91 Å². The van der Waals surface area contributed by atoms with Crippen molar-refractivity contribution in [3.63, 3.8) is 0 Å². The molecule has 0 aliphatic heterocycles. The van der Waals surface area contributed by atoms with E-state index < -0.39 is 0 Å². The van der Waals surface area contributed by atoms with Crippen LogP contribution in [0.5, 0.6) is 0 Å². The summed E-state index contributed by atoms with van der Waals surface area (Å²) < 4.78 is 5.11. The fourth-order valence-electron chi connectivity index (χ4n) is 1.96. The number of rotatable bonds is 2. The molecule has 0 radical (unpaired) electrons. The van der Waals surface area contributed by atoms with Gasteiger partial charge in [-0.1, -0.05) is 11.2 Å². The van der Waals surface area contributed by atoms with Gasteiger partial charge in [0.15, 0.2) is 11.4 Å². The van der Waals surface area contributed by atoms with Crippen molar-refractivity contribution in [3.8, 4) is 6.07 Å². The predicted molar refractivity (Wildman–Crippen MR) is 77.5 cm³/mol. The van der Waals surface area contributed by atoms with Crippen molar-refractivity contribution in [1.29, 1.82) is 5.26 Å². The first-order valence-electron chi connectivity index (χ1n) is 6.14. The molecule has 0 spiro atoms. The maximum absolute atomic E-state index is 12.2. The lowest BCUT2D eigenvalue weighted by Gasteiger charge is -2.02. The average Bonchev–Trinajstić information content (AvgIpc) is 2.89. The van der Waals surface area contributed by atoms with Gasteiger partial charge in [0.05, 0.1) is 17.0 Å². The van der Waals surface area contributed by atoms with E-state index in [0.29, 0.717) is 33.6 Å². The summed E-state index contributed by atoms with van der Waals surface area (Å²) >= 11 is 0. The first kappa shape index (κ1) is 12.7. The molecule has 21 heavy (non-hydrogen) atoms. The Hall–Kier alpha value is -3.33. The van der Waals surface area contributed by atoms with Gasteiger partial charge in [-0.25, -0.2) is 0 Å². The summed E-state index contributed by atoms with van der Waals surface area (Å²) in [6, 6.07) is 13.4. The highest BCUT2D eigenvalue weighted by Crippen LogP contribution is 2.25. The highest BCUT2D eigenvalue weighted by molar-refractivity contribution is 6.07. The summed E-state index contributed by atoms with van der Waals surface area (Å²) in [6.07, 6.45) is 0. The molecule has 3 N–H and O–H groups in total. The Balaban J connectivity index is 1.93. The number of benzene rings is 2. The van der Waals surface area contributed by atoms with Crippen molar-refractivity contribution in [1.82, 2.24) is 5.16 Å². The summed E-state index contributed by atoms with van der Waals surface area (Å²) in [7, 11) is 0. The van der Waals surface area contributed by atoms with Crippen LogP contribution in [-0.2, 0) is 0 Å². The van der Waals surface area contributed by atoms with Crippen molar-refractivity contribution in [2.75, 3.05) is 11.1 Å². The first-order valence-corrected chi connectivity index (χ1v) is 6.14. The Morgan fingerprint density at radius 3 is 2.95 bits per heavy atom. The fourth-order valence-corrected chi connectivity index (χ4v) is 1.96. The zero-order chi connectivity index (χ0) is 14.8. The van der Waals surface area contributed by atoms with Crippen molar-refractivity contribution in [3.05, 3.63) is 53.6 Å². The Morgan fingerprint density at radius 1 is 1.29 bits per heavy atom. The van der Waals surface area contributed by atoms with Gasteiger partial charge < -0.3 is 15.6 Å². The van der Waals surface area contributed by atoms with Crippen LogP contribution in [0, 0.1) is 11.3 Å². The van der Waals surface area contributed by atoms with Crippen molar-refractivity contribution >= 4 is 28.4 Å². The molecular formula is C15H10N4O2. The van der Waals surface area contributed by atoms with Gasteiger partial charge in [-0.05, 0) is 36.4 Å². The Bertz CT molecular complexity index is 877. The molecule has 3 rings (SSSR count). The van der Waals surface area contributed by atoms with Gasteiger partial charge in [-0.3, -0.25) is 4.79 Å². The minimum atomic E-state index is -0.371. The number of nitriles is 1. The highest BCUT2D eigenvalue weighted by Gasteiger charge is 2.13. The van der Waals surface area contributed by atoms with E-state index >= 15 is 0 Å². The van der Waals surface area contributed by atoms with Crippen LogP contribution in [0.4, 0.5) is 11.5 Å². The average molecular weight is 278 g/mol. The van der Waals surface area contributed by atoms with Gasteiger partial charge in [-0.2, -0.15) is 5.26 Å².